The molecule has 0 saturated heterocycles. The first-order valence-corrected chi connectivity index (χ1v) is 8.52. The molecular weight excluding hydrogens is 320 g/mol. The minimum absolute atomic E-state index is 0.789. The van der Waals surface area contributed by atoms with E-state index in [9.17, 15) is 0 Å². The van der Waals surface area contributed by atoms with Gasteiger partial charge in [0.2, 0.25) is 0 Å². The molecule has 2 heterocycles. The minimum atomic E-state index is 0.789. The number of furan rings is 2. The van der Waals surface area contributed by atoms with Crippen LogP contribution in [0.3, 0.4) is 0 Å². The van der Waals surface area contributed by atoms with Gasteiger partial charge in [0.1, 0.15) is 23.0 Å². The maximum Gasteiger partial charge on any atom is 0.127 e. The third-order valence-corrected chi connectivity index (χ3v) is 3.96. The van der Waals surface area contributed by atoms with Crippen molar-refractivity contribution in [3.8, 4) is 0 Å². The van der Waals surface area contributed by atoms with Crippen LogP contribution in [0.15, 0.2) is 45.3 Å². The summed E-state index contributed by atoms with van der Waals surface area (Å²) in [5, 5.41) is 0. The van der Waals surface area contributed by atoms with Gasteiger partial charge in [-0.3, -0.25) is 0 Å². The van der Waals surface area contributed by atoms with Gasteiger partial charge in [-0.05, 0) is 99.9 Å². The average Bonchev–Trinajstić information content (AvgIpc) is 3.46. The van der Waals surface area contributed by atoms with E-state index in [1.54, 1.807) is 0 Å². The molecule has 0 spiro atoms. The summed E-state index contributed by atoms with van der Waals surface area (Å²) in [6.45, 7) is 0. The highest BCUT2D eigenvalue weighted by Gasteiger charge is 2.14. The van der Waals surface area contributed by atoms with Gasteiger partial charge in [0.05, 0.1) is 0 Å². The van der Waals surface area contributed by atoms with Crippen LogP contribution in [0.25, 0.3) is 24.3 Å². The third kappa shape index (κ3) is 4.69. The molecule has 10 radical (unpaired) electrons. The first kappa shape index (κ1) is 17.2. The van der Waals surface area contributed by atoms with Crippen LogP contribution in [0.4, 0.5) is 0 Å². The fourth-order valence-electron chi connectivity index (χ4n) is 2.62. The summed E-state index contributed by atoms with van der Waals surface area (Å²) in [6.07, 6.45) is 28.1. The van der Waals surface area contributed by atoms with Gasteiger partial charge in [0.25, 0.3) is 0 Å². The largest absolute Gasteiger partial charge is 0.457 e. The molecule has 0 aromatic carbocycles. The number of allylic oxidation sites excluding steroid dienone is 2. The van der Waals surface area contributed by atoms with Crippen LogP contribution in [-0.4, -0.2) is 0 Å². The molecule has 2 aromatic heterocycles. The molecule has 2 nitrogen and oxygen atoms in total. The van der Waals surface area contributed by atoms with Gasteiger partial charge in [-0.2, -0.15) is 0 Å². The van der Waals surface area contributed by atoms with Crippen LogP contribution in [0.1, 0.15) is 23.0 Å². The van der Waals surface area contributed by atoms with E-state index in [2.05, 4.69) is 25.7 Å². The van der Waals surface area contributed by atoms with E-state index in [0.29, 0.717) is 0 Å². The van der Waals surface area contributed by atoms with Crippen LogP contribution in [0.2, 0.25) is 0 Å². The predicted octanol–water partition coefficient (Wildman–Crippen LogP) is 5.88. The summed E-state index contributed by atoms with van der Waals surface area (Å²) in [7, 11) is 0. The second kappa shape index (κ2) is 8.44. The standard InChI is InChI=1S/C24H18O2/c1-2-6-19(5-1)9-11-21-13-15-23(25-21)17-18-24-16-14-22(26-24)12-10-20-7-3-4-8-20/h1-18H/b11-9+,12-10+,18-17+. The summed E-state index contributed by atoms with van der Waals surface area (Å²) < 4.78 is 11.6. The number of rotatable bonds is 6. The summed E-state index contributed by atoms with van der Waals surface area (Å²) in [4.78, 5) is 0. The molecule has 2 fully saturated rings. The van der Waals surface area contributed by atoms with Crippen LogP contribution in [-0.2, 0) is 0 Å². The Morgan fingerprint density at radius 3 is 1.08 bits per heavy atom. The van der Waals surface area contributed by atoms with Gasteiger partial charge in [0.15, 0.2) is 0 Å². The van der Waals surface area contributed by atoms with E-state index in [1.807, 2.05) is 86.4 Å². The maximum absolute atomic E-state index is 5.78. The first-order chi connectivity index (χ1) is 12.8. The molecule has 126 valence electrons. The Hall–Kier alpha value is -2.22. The van der Waals surface area contributed by atoms with Crippen molar-refractivity contribution >= 4 is 24.3 Å². The van der Waals surface area contributed by atoms with Crippen molar-refractivity contribution in [3.63, 3.8) is 0 Å². The van der Waals surface area contributed by atoms with Crippen molar-refractivity contribution in [2.45, 2.75) is 0 Å². The second-order valence-electron chi connectivity index (χ2n) is 5.92. The Balaban J connectivity index is 1.33. The van der Waals surface area contributed by atoms with Crippen LogP contribution in [0, 0.1) is 63.2 Å². The molecule has 0 atom stereocenters. The Morgan fingerprint density at radius 2 is 0.731 bits per heavy atom. The molecule has 0 amide bonds. The highest BCUT2D eigenvalue weighted by molar-refractivity contribution is 5.66. The fourth-order valence-corrected chi connectivity index (χ4v) is 2.62. The normalized spacial score (nSPS) is 19.8. The summed E-state index contributed by atoms with van der Waals surface area (Å²) in [6, 6.07) is 7.80. The molecule has 0 N–H and O–H groups in total. The third-order valence-electron chi connectivity index (χ3n) is 3.96. The Labute approximate surface area is 156 Å². The number of hydrogen-bond acceptors (Lipinski definition) is 2. The lowest BCUT2D eigenvalue weighted by Crippen LogP contribution is -1.83. The quantitative estimate of drug-likeness (QED) is 0.657. The first-order valence-electron chi connectivity index (χ1n) is 8.52. The second-order valence-corrected chi connectivity index (χ2v) is 5.92. The molecule has 0 unspecified atom stereocenters. The lowest BCUT2D eigenvalue weighted by Gasteiger charge is -1.96. The fraction of sp³-hybridized carbons (Fsp3) is 0. The lowest BCUT2D eigenvalue weighted by molar-refractivity contribution is 0.542. The Kier molecular flexibility index (Phi) is 5.59. The SMILES string of the molecule is [CH]1[CH][CH][C](/C=C/c2ccc(/C=C/c3ccc(/C=C/[C]4[CH][CH][CH][CH]4)o3)o2)[CH]1. The van der Waals surface area contributed by atoms with E-state index in [4.69, 9.17) is 8.83 Å². The smallest absolute Gasteiger partial charge is 0.127 e. The highest BCUT2D eigenvalue weighted by atomic mass is 16.3. The van der Waals surface area contributed by atoms with E-state index in [0.717, 1.165) is 34.9 Å². The Bertz CT molecular complexity index is 708. The maximum atomic E-state index is 5.78. The molecule has 2 aromatic rings. The zero-order chi connectivity index (χ0) is 17.6. The van der Waals surface area contributed by atoms with Crippen LogP contribution >= 0.6 is 0 Å². The van der Waals surface area contributed by atoms with E-state index in [-0.39, 0.29) is 0 Å². The van der Waals surface area contributed by atoms with Gasteiger partial charge < -0.3 is 8.83 Å². The lowest BCUT2D eigenvalue weighted by atomic mass is 10.1. The molecule has 2 heteroatoms. The van der Waals surface area contributed by atoms with Crippen LogP contribution in [0.5, 0.6) is 0 Å². The van der Waals surface area contributed by atoms with E-state index >= 15 is 0 Å². The van der Waals surface area contributed by atoms with Gasteiger partial charge in [-0.15, -0.1) is 0 Å². The van der Waals surface area contributed by atoms with Crippen molar-refractivity contribution in [2.75, 3.05) is 0 Å². The molecule has 4 rings (SSSR count). The zero-order valence-electron chi connectivity index (χ0n) is 14.2. The molecular formula is C24H18O2. The van der Waals surface area contributed by atoms with Gasteiger partial charge in [-0.25, -0.2) is 0 Å². The molecule has 26 heavy (non-hydrogen) atoms. The van der Waals surface area contributed by atoms with Crippen molar-refractivity contribution < 1.29 is 8.83 Å². The van der Waals surface area contributed by atoms with Crippen molar-refractivity contribution in [3.05, 3.63) is 123 Å². The van der Waals surface area contributed by atoms with Crippen molar-refractivity contribution in [1.82, 2.24) is 0 Å². The molecule has 2 saturated carbocycles. The van der Waals surface area contributed by atoms with Gasteiger partial charge in [0, 0.05) is 11.8 Å². The zero-order valence-corrected chi connectivity index (χ0v) is 14.2. The molecule has 2 aliphatic rings. The summed E-state index contributed by atoms with van der Waals surface area (Å²) in [5.41, 5.74) is 0. The highest BCUT2D eigenvalue weighted by Crippen LogP contribution is 2.26. The van der Waals surface area contributed by atoms with Gasteiger partial charge in [-0.1, -0.05) is 12.2 Å². The van der Waals surface area contributed by atoms with E-state index < -0.39 is 0 Å². The van der Waals surface area contributed by atoms with Crippen LogP contribution < -0.4 is 0 Å². The van der Waals surface area contributed by atoms with E-state index in [1.165, 1.54) is 0 Å². The molecule has 0 bridgehead atoms. The summed E-state index contributed by atoms with van der Waals surface area (Å²) >= 11 is 0. The average molecular weight is 338 g/mol. The van der Waals surface area contributed by atoms with Crippen molar-refractivity contribution in [1.29, 1.82) is 0 Å². The topological polar surface area (TPSA) is 26.3 Å². The summed E-state index contributed by atoms with van der Waals surface area (Å²) in [5.74, 6) is 5.55. The Morgan fingerprint density at radius 1 is 0.423 bits per heavy atom. The van der Waals surface area contributed by atoms with Crippen molar-refractivity contribution in [2.24, 2.45) is 0 Å². The molecule has 0 aliphatic heterocycles. The van der Waals surface area contributed by atoms with Gasteiger partial charge >= 0.3 is 0 Å². The predicted molar refractivity (Wildman–Crippen MR) is 105 cm³/mol. The monoisotopic (exact) mass is 338 g/mol. The molecule has 2 aliphatic carbocycles. The minimum Gasteiger partial charge on any atom is -0.457 e. The number of hydrogen-bond donors (Lipinski definition) is 0.